The van der Waals surface area contributed by atoms with E-state index in [9.17, 15) is 24.5 Å². The molecule has 30 heavy (non-hydrogen) atoms. The highest BCUT2D eigenvalue weighted by Gasteiger charge is 2.41. The lowest BCUT2D eigenvalue weighted by Crippen LogP contribution is -2.42. The van der Waals surface area contributed by atoms with Crippen molar-refractivity contribution >= 4 is 40.6 Å². The van der Waals surface area contributed by atoms with E-state index in [1.165, 1.54) is 26.2 Å². The van der Waals surface area contributed by atoms with Crippen molar-refractivity contribution in [1.82, 2.24) is 9.47 Å². The molecule has 0 spiro atoms. The predicted molar refractivity (Wildman–Crippen MR) is 111 cm³/mol. The Balaban J connectivity index is 1.98. The van der Waals surface area contributed by atoms with Crippen LogP contribution in [0.3, 0.4) is 0 Å². The predicted octanol–water partition coefficient (Wildman–Crippen LogP) is 3.60. The molecule has 1 aliphatic heterocycles. The van der Waals surface area contributed by atoms with Crippen LogP contribution in [0.2, 0.25) is 0 Å². The Morgan fingerprint density at radius 1 is 1.27 bits per heavy atom. The number of carbonyl (C=O) groups is 3. The summed E-state index contributed by atoms with van der Waals surface area (Å²) in [6.45, 7) is 5.09. The summed E-state index contributed by atoms with van der Waals surface area (Å²) in [6.07, 6.45) is 1.59. The van der Waals surface area contributed by atoms with Gasteiger partial charge < -0.3 is 9.30 Å². The lowest BCUT2D eigenvalue weighted by atomic mass is 10.2. The fourth-order valence-electron chi connectivity index (χ4n) is 3.31. The number of aryl methyl sites for hydroxylation is 1. The van der Waals surface area contributed by atoms with Crippen molar-refractivity contribution in [1.29, 1.82) is 0 Å². The molecular weight excluding hydrogens is 410 g/mol. The van der Waals surface area contributed by atoms with Gasteiger partial charge in [-0.1, -0.05) is 6.07 Å². The number of non-ortho nitro benzene ring substituents is 1. The van der Waals surface area contributed by atoms with Gasteiger partial charge in [0.1, 0.15) is 6.04 Å². The molecule has 0 saturated carbocycles. The SMILES string of the molecule is COC(=O)[C@H](C)N1C(=O)S/C(=C/c2cc(C)n(-c3cccc([N+](=O)[O-])c3)c2C)C1=O. The van der Waals surface area contributed by atoms with Crippen LogP contribution < -0.4 is 0 Å². The molecule has 0 bridgehead atoms. The van der Waals surface area contributed by atoms with E-state index in [0.717, 1.165) is 28.0 Å². The van der Waals surface area contributed by atoms with Crippen LogP contribution in [-0.2, 0) is 14.3 Å². The number of aromatic nitrogens is 1. The molecular formula is C20H19N3O6S. The fourth-order valence-corrected chi connectivity index (χ4v) is 4.21. The van der Waals surface area contributed by atoms with Crippen molar-refractivity contribution in [3.63, 3.8) is 0 Å². The molecule has 0 aliphatic carbocycles. The van der Waals surface area contributed by atoms with Gasteiger partial charge in [0.25, 0.3) is 16.8 Å². The number of hydrogen-bond acceptors (Lipinski definition) is 7. The monoisotopic (exact) mass is 429 g/mol. The molecule has 3 rings (SSSR count). The average Bonchev–Trinajstić information content (AvgIpc) is 3.15. The number of hydrogen-bond donors (Lipinski definition) is 0. The minimum absolute atomic E-state index is 0.0283. The van der Waals surface area contributed by atoms with Crippen molar-refractivity contribution in [2.24, 2.45) is 0 Å². The summed E-state index contributed by atoms with van der Waals surface area (Å²) in [7, 11) is 1.19. The molecule has 156 valence electrons. The van der Waals surface area contributed by atoms with Gasteiger partial charge in [0, 0.05) is 23.5 Å². The lowest BCUT2D eigenvalue weighted by Gasteiger charge is -2.18. The van der Waals surface area contributed by atoms with Crippen LogP contribution in [0, 0.1) is 24.0 Å². The maximum Gasteiger partial charge on any atom is 0.328 e. The van der Waals surface area contributed by atoms with Gasteiger partial charge >= 0.3 is 5.97 Å². The summed E-state index contributed by atoms with van der Waals surface area (Å²) in [4.78, 5) is 48.4. The van der Waals surface area contributed by atoms with E-state index in [1.54, 1.807) is 18.2 Å². The smallest absolute Gasteiger partial charge is 0.328 e. The number of imide groups is 1. The summed E-state index contributed by atoms with van der Waals surface area (Å²) in [5.41, 5.74) is 2.84. The summed E-state index contributed by atoms with van der Waals surface area (Å²) in [6, 6.07) is 7.04. The number of ether oxygens (including phenoxy) is 1. The highest BCUT2D eigenvalue weighted by molar-refractivity contribution is 8.18. The molecule has 2 amide bonds. The number of methoxy groups -OCH3 is 1. The number of nitro benzene ring substituents is 1. The van der Waals surface area contributed by atoms with Gasteiger partial charge in [0.2, 0.25) is 0 Å². The van der Waals surface area contributed by atoms with E-state index >= 15 is 0 Å². The molecule has 1 aromatic carbocycles. The molecule has 1 saturated heterocycles. The van der Waals surface area contributed by atoms with E-state index in [-0.39, 0.29) is 10.6 Å². The number of rotatable bonds is 5. The molecule has 1 atom stereocenters. The summed E-state index contributed by atoms with van der Waals surface area (Å²) in [5.74, 6) is -1.24. The van der Waals surface area contributed by atoms with Crippen molar-refractivity contribution < 1.29 is 24.0 Å². The standard InChI is InChI=1S/C20H19N3O6S/c1-11-8-14(12(2)21(11)15-6-5-7-16(10-15)23(27)28)9-17-18(24)22(20(26)30-17)13(3)19(25)29-4/h5-10,13H,1-4H3/b17-9+/t13-/m0/s1. The average molecular weight is 429 g/mol. The second-order valence-electron chi connectivity index (χ2n) is 6.69. The zero-order valence-electron chi connectivity index (χ0n) is 16.7. The molecule has 1 aromatic heterocycles. The number of benzene rings is 1. The minimum atomic E-state index is -1.02. The first kappa shape index (κ1) is 21.3. The third-order valence-electron chi connectivity index (χ3n) is 4.81. The van der Waals surface area contributed by atoms with E-state index in [2.05, 4.69) is 4.74 Å². The van der Waals surface area contributed by atoms with Crippen LogP contribution in [0.25, 0.3) is 11.8 Å². The molecule has 0 radical (unpaired) electrons. The summed E-state index contributed by atoms with van der Waals surface area (Å²) in [5, 5.41) is 10.5. The lowest BCUT2D eigenvalue weighted by molar-refractivity contribution is -0.384. The maximum absolute atomic E-state index is 12.7. The Morgan fingerprint density at radius 3 is 2.60 bits per heavy atom. The fraction of sp³-hybridized carbons (Fsp3) is 0.250. The topological polar surface area (TPSA) is 112 Å². The van der Waals surface area contributed by atoms with Crippen LogP contribution in [0.4, 0.5) is 10.5 Å². The van der Waals surface area contributed by atoms with Crippen LogP contribution >= 0.6 is 11.8 Å². The first-order valence-electron chi connectivity index (χ1n) is 8.94. The zero-order chi connectivity index (χ0) is 22.2. The number of amides is 2. The number of thioether (sulfide) groups is 1. The Bertz CT molecular complexity index is 1100. The van der Waals surface area contributed by atoms with Crippen molar-refractivity contribution in [2.45, 2.75) is 26.8 Å². The van der Waals surface area contributed by atoms with Gasteiger partial charge in [-0.15, -0.1) is 0 Å². The number of nitrogens with zero attached hydrogens (tertiary/aromatic N) is 3. The molecule has 0 unspecified atom stereocenters. The summed E-state index contributed by atoms with van der Waals surface area (Å²) >= 11 is 0.751. The first-order chi connectivity index (χ1) is 14.1. The molecule has 10 heteroatoms. The summed E-state index contributed by atoms with van der Waals surface area (Å²) < 4.78 is 6.46. The Morgan fingerprint density at radius 2 is 1.97 bits per heavy atom. The zero-order valence-corrected chi connectivity index (χ0v) is 17.6. The van der Waals surface area contributed by atoms with Gasteiger partial charge in [-0.05, 0) is 56.3 Å². The van der Waals surface area contributed by atoms with Crippen LogP contribution in [0.5, 0.6) is 0 Å². The van der Waals surface area contributed by atoms with Crippen molar-refractivity contribution in [3.05, 3.63) is 62.3 Å². The van der Waals surface area contributed by atoms with E-state index in [0.29, 0.717) is 11.3 Å². The second-order valence-corrected chi connectivity index (χ2v) is 7.68. The Kier molecular flexibility index (Phi) is 5.79. The molecule has 0 N–H and O–H groups in total. The van der Waals surface area contributed by atoms with E-state index in [4.69, 9.17) is 0 Å². The first-order valence-corrected chi connectivity index (χ1v) is 9.76. The van der Waals surface area contributed by atoms with Crippen molar-refractivity contribution in [2.75, 3.05) is 7.11 Å². The molecule has 1 aliphatic rings. The third kappa shape index (κ3) is 3.73. The van der Waals surface area contributed by atoms with Gasteiger partial charge in [0.05, 0.1) is 22.6 Å². The maximum atomic E-state index is 12.7. The molecule has 2 heterocycles. The molecule has 1 fully saturated rings. The number of nitro groups is 1. The van der Waals surface area contributed by atoms with Gasteiger partial charge in [-0.2, -0.15) is 0 Å². The van der Waals surface area contributed by atoms with Crippen LogP contribution in [0.15, 0.2) is 35.2 Å². The van der Waals surface area contributed by atoms with E-state index < -0.39 is 28.1 Å². The molecule has 9 nitrogen and oxygen atoms in total. The van der Waals surface area contributed by atoms with Crippen LogP contribution in [0.1, 0.15) is 23.9 Å². The number of carbonyl (C=O) groups excluding carboxylic acids is 3. The van der Waals surface area contributed by atoms with Gasteiger partial charge in [-0.3, -0.25) is 24.6 Å². The quantitative estimate of drug-likeness (QED) is 0.309. The Hall–Kier alpha value is -3.40. The van der Waals surface area contributed by atoms with Crippen LogP contribution in [-0.4, -0.2) is 44.7 Å². The normalized spacial score (nSPS) is 16.3. The van der Waals surface area contributed by atoms with Crippen molar-refractivity contribution in [3.8, 4) is 5.69 Å². The van der Waals surface area contributed by atoms with E-state index in [1.807, 2.05) is 24.5 Å². The molecule has 2 aromatic rings. The largest absolute Gasteiger partial charge is 0.467 e. The Labute approximate surface area is 176 Å². The minimum Gasteiger partial charge on any atom is -0.467 e. The third-order valence-corrected chi connectivity index (χ3v) is 5.69. The van der Waals surface area contributed by atoms with Gasteiger partial charge in [-0.25, -0.2) is 4.79 Å². The van der Waals surface area contributed by atoms with Gasteiger partial charge in [0.15, 0.2) is 0 Å². The number of esters is 1. The highest BCUT2D eigenvalue weighted by Crippen LogP contribution is 2.35. The second kappa shape index (κ2) is 8.15. The highest BCUT2D eigenvalue weighted by atomic mass is 32.2.